The predicted octanol–water partition coefficient (Wildman–Crippen LogP) is 6.18. The molecule has 5 nitrogen and oxygen atoms in total. The number of pyridine rings is 1. The van der Waals surface area contributed by atoms with Gasteiger partial charge in [-0.2, -0.15) is 13.2 Å². The Labute approximate surface area is 186 Å². The number of anilines is 1. The summed E-state index contributed by atoms with van der Waals surface area (Å²) < 4.78 is 38.8. The summed E-state index contributed by atoms with van der Waals surface area (Å²) in [5, 5.41) is 13.1. The molecule has 0 aliphatic heterocycles. The minimum atomic E-state index is -4.51. The molecule has 0 aliphatic rings. The Morgan fingerprint density at radius 3 is 2.45 bits per heavy atom. The second kappa shape index (κ2) is 8.38. The van der Waals surface area contributed by atoms with Crippen LogP contribution in [0.15, 0.2) is 72.9 Å². The molecule has 0 spiro atoms. The topological polar surface area (TPSA) is 79.3 Å². The summed E-state index contributed by atoms with van der Waals surface area (Å²) in [5.74, 6) is -1.65. The molecule has 0 radical (unpaired) electrons. The summed E-state index contributed by atoms with van der Waals surface area (Å²) in [6, 6.07) is 16.4. The van der Waals surface area contributed by atoms with E-state index in [1.54, 1.807) is 24.3 Å². The van der Waals surface area contributed by atoms with E-state index in [1.807, 2.05) is 19.1 Å². The first-order chi connectivity index (χ1) is 15.6. The van der Waals surface area contributed by atoms with Crippen molar-refractivity contribution in [1.29, 1.82) is 0 Å². The van der Waals surface area contributed by atoms with Crippen molar-refractivity contribution in [1.82, 2.24) is 4.98 Å². The van der Waals surface area contributed by atoms with Crippen LogP contribution in [0.2, 0.25) is 0 Å². The van der Waals surface area contributed by atoms with Gasteiger partial charge >= 0.3 is 12.1 Å². The molecule has 4 aromatic rings. The number of carboxylic acids is 1. The van der Waals surface area contributed by atoms with E-state index in [0.29, 0.717) is 5.39 Å². The molecule has 0 saturated carbocycles. The first-order valence-corrected chi connectivity index (χ1v) is 9.84. The highest BCUT2D eigenvalue weighted by Crippen LogP contribution is 2.31. The summed E-state index contributed by atoms with van der Waals surface area (Å²) in [5.41, 5.74) is 1.87. The van der Waals surface area contributed by atoms with Gasteiger partial charge in [0, 0.05) is 22.8 Å². The average Bonchev–Trinajstić information content (AvgIpc) is 2.78. The fourth-order valence-electron chi connectivity index (χ4n) is 3.48. The average molecular weight is 450 g/mol. The van der Waals surface area contributed by atoms with Gasteiger partial charge in [0.05, 0.1) is 5.56 Å². The standard InChI is InChI=1S/C25H17F3N2O3/c1-14-5-6-17(23(31)30-20-4-2-3-19(12-20)25(26,27)28)10-21(14)16-8-7-15-11-22(24(32)33)29-13-18(15)9-16/h2-13H,1H3,(H,30,31)(H,32,33). The van der Waals surface area contributed by atoms with E-state index in [9.17, 15) is 22.8 Å². The Morgan fingerprint density at radius 1 is 0.939 bits per heavy atom. The lowest BCUT2D eigenvalue weighted by molar-refractivity contribution is -0.137. The number of aromatic nitrogens is 1. The summed E-state index contributed by atoms with van der Waals surface area (Å²) >= 11 is 0. The van der Waals surface area contributed by atoms with Gasteiger partial charge in [-0.15, -0.1) is 0 Å². The van der Waals surface area contributed by atoms with E-state index in [-0.39, 0.29) is 16.9 Å². The molecule has 0 saturated heterocycles. The van der Waals surface area contributed by atoms with Crippen molar-refractivity contribution in [3.05, 3.63) is 95.3 Å². The number of nitrogens with zero attached hydrogens (tertiary/aromatic N) is 1. The SMILES string of the molecule is Cc1ccc(C(=O)Nc2cccc(C(F)(F)F)c2)cc1-c1ccc2cc(C(=O)O)ncc2c1. The second-order valence-electron chi connectivity index (χ2n) is 7.50. The van der Waals surface area contributed by atoms with Gasteiger partial charge in [0.15, 0.2) is 0 Å². The molecule has 0 bridgehead atoms. The van der Waals surface area contributed by atoms with Crippen molar-refractivity contribution >= 4 is 28.3 Å². The van der Waals surface area contributed by atoms with E-state index in [2.05, 4.69) is 10.3 Å². The monoisotopic (exact) mass is 450 g/mol. The van der Waals surface area contributed by atoms with Crippen LogP contribution < -0.4 is 5.32 Å². The van der Waals surface area contributed by atoms with Crippen molar-refractivity contribution in [2.24, 2.45) is 0 Å². The molecule has 0 aliphatic carbocycles. The molecule has 166 valence electrons. The molecule has 1 heterocycles. The number of carbonyl (C=O) groups excluding carboxylic acids is 1. The van der Waals surface area contributed by atoms with Crippen LogP contribution in [0, 0.1) is 6.92 Å². The number of aromatic carboxylic acids is 1. The van der Waals surface area contributed by atoms with Crippen LogP contribution >= 0.6 is 0 Å². The molecule has 4 rings (SSSR count). The summed E-state index contributed by atoms with van der Waals surface area (Å²) in [4.78, 5) is 27.8. The van der Waals surface area contributed by atoms with Gasteiger partial charge in [0.25, 0.3) is 5.91 Å². The third-order valence-electron chi connectivity index (χ3n) is 5.20. The molecule has 33 heavy (non-hydrogen) atoms. The number of hydrogen-bond donors (Lipinski definition) is 2. The summed E-state index contributed by atoms with van der Waals surface area (Å²) in [7, 11) is 0. The van der Waals surface area contributed by atoms with Crippen molar-refractivity contribution in [3.8, 4) is 11.1 Å². The number of amides is 1. The number of carboxylic acid groups (broad SMARTS) is 1. The van der Waals surface area contributed by atoms with E-state index in [1.165, 1.54) is 24.4 Å². The van der Waals surface area contributed by atoms with Crippen LogP contribution in [-0.2, 0) is 6.18 Å². The number of fused-ring (bicyclic) bond motifs is 1. The molecule has 0 atom stereocenters. The van der Waals surface area contributed by atoms with Crippen LogP contribution in [0.4, 0.5) is 18.9 Å². The van der Waals surface area contributed by atoms with Gasteiger partial charge in [0.1, 0.15) is 5.69 Å². The quantitative estimate of drug-likeness (QED) is 0.389. The van der Waals surface area contributed by atoms with E-state index in [4.69, 9.17) is 5.11 Å². The highest BCUT2D eigenvalue weighted by Gasteiger charge is 2.30. The minimum absolute atomic E-state index is 0.0444. The molecular weight excluding hydrogens is 433 g/mol. The number of aryl methyl sites for hydroxylation is 1. The molecule has 3 aromatic carbocycles. The Balaban J connectivity index is 1.65. The van der Waals surface area contributed by atoms with Gasteiger partial charge in [0.2, 0.25) is 0 Å². The number of hydrogen-bond acceptors (Lipinski definition) is 3. The molecule has 0 unspecified atom stereocenters. The molecule has 8 heteroatoms. The first-order valence-electron chi connectivity index (χ1n) is 9.84. The fourth-order valence-corrected chi connectivity index (χ4v) is 3.48. The van der Waals surface area contributed by atoms with E-state index < -0.39 is 23.6 Å². The van der Waals surface area contributed by atoms with Gasteiger partial charge < -0.3 is 10.4 Å². The number of halogens is 3. The van der Waals surface area contributed by atoms with Gasteiger partial charge in [-0.05, 0) is 71.5 Å². The van der Waals surface area contributed by atoms with Gasteiger partial charge in [-0.25, -0.2) is 9.78 Å². The highest BCUT2D eigenvalue weighted by atomic mass is 19.4. The maximum atomic E-state index is 12.9. The fraction of sp³-hybridized carbons (Fsp3) is 0.0800. The Bertz CT molecular complexity index is 1400. The van der Waals surface area contributed by atoms with Crippen LogP contribution in [0.3, 0.4) is 0 Å². The molecule has 1 aromatic heterocycles. The Hall–Kier alpha value is -4.20. The Kier molecular flexibility index (Phi) is 5.59. The van der Waals surface area contributed by atoms with Crippen LogP contribution in [0.25, 0.3) is 21.9 Å². The zero-order valence-electron chi connectivity index (χ0n) is 17.3. The molecule has 0 fully saturated rings. The molecule has 2 N–H and O–H groups in total. The van der Waals surface area contributed by atoms with Gasteiger partial charge in [-0.1, -0.05) is 24.3 Å². The lowest BCUT2D eigenvalue weighted by Crippen LogP contribution is -2.13. The normalized spacial score (nSPS) is 11.4. The van der Waals surface area contributed by atoms with E-state index >= 15 is 0 Å². The summed E-state index contributed by atoms with van der Waals surface area (Å²) in [6.07, 6.45) is -3.03. The zero-order chi connectivity index (χ0) is 23.8. The van der Waals surface area contributed by atoms with Crippen molar-refractivity contribution in [3.63, 3.8) is 0 Å². The number of benzene rings is 3. The highest BCUT2D eigenvalue weighted by molar-refractivity contribution is 6.05. The summed E-state index contributed by atoms with van der Waals surface area (Å²) in [6.45, 7) is 1.87. The lowest BCUT2D eigenvalue weighted by Gasteiger charge is -2.12. The predicted molar refractivity (Wildman–Crippen MR) is 118 cm³/mol. The maximum absolute atomic E-state index is 12.9. The third kappa shape index (κ3) is 4.69. The van der Waals surface area contributed by atoms with Crippen molar-refractivity contribution < 1.29 is 27.9 Å². The minimum Gasteiger partial charge on any atom is -0.477 e. The van der Waals surface area contributed by atoms with Gasteiger partial charge in [-0.3, -0.25) is 4.79 Å². The molecule has 1 amide bonds. The molecular formula is C25H17F3N2O3. The zero-order valence-corrected chi connectivity index (χ0v) is 17.3. The smallest absolute Gasteiger partial charge is 0.416 e. The number of nitrogens with one attached hydrogen (secondary N) is 1. The third-order valence-corrected chi connectivity index (χ3v) is 5.20. The van der Waals surface area contributed by atoms with E-state index in [0.717, 1.165) is 34.2 Å². The number of alkyl halides is 3. The maximum Gasteiger partial charge on any atom is 0.416 e. The Morgan fingerprint density at radius 2 is 1.73 bits per heavy atom. The second-order valence-corrected chi connectivity index (χ2v) is 7.50. The first kappa shape index (κ1) is 22.0. The number of carbonyl (C=O) groups is 2. The van der Waals surface area contributed by atoms with Crippen LogP contribution in [0.5, 0.6) is 0 Å². The van der Waals surface area contributed by atoms with Crippen molar-refractivity contribution in [2.45, 2.75) is 13.1 Å². The lowest BCUT2D eigenvalue weighted by atomic mass is 9.96. The van der Waals surface area contributed by atoms with Crippen molar-refractivity contribution in [2.75, 3.05) is 5.32 Å². The van der Waals surface area contributed by atoms with Crippen LogP contribution in [-0.4, -0.2) is 22.0 Å². The largest absolute Gasteiger partial charge is 0.477 e. The number of rotatable bonds is 4. The van der Waals surface area contributed by atoms with Crippen LogP contribution in [0.1, 0.15) is 32.0 Å².